The summed E-state index contributed by atoms with van der Waals surface area (Å²) in [5.41, 5.74) is 5.60. The van der Waals surface area contributed by atoms with E-state index < -0.39 is 17.7 Å². The molecule has 3 rings (SSSR count). The number of imide groups is 1. The Hall–Kier alpha value is -3.55. The van der Waals surface area contributed by atoms with Crippen molar-refractivity contribution in [2.24, 2.45) is 0 Å². The molecule has 0 unspecified atom stereocenters. The summed E-state index contributed by atoms with van der Waals surface area (Å²) in [5, 5.41) is 4.96. The summed E-state index contributed by atoms with van der Waals surface area (Å²) < 4.78 is 1.38. The van der Waals surface area contributed by atoms with Gasteiger partial charge in [0.05, 0.1) is 0 Å². The molecule has 0 spiro atoms. The summed E-state index contributed by atoms with van der Waals surface area (Å²) in [6.45, 7) is 5.50. The van der Waals surface area contributed by atoms with E-state index in [4.69, 9.17) is 0 Å². The summed E-state index contributed by atoms with van der Waals surface area (Å²) >= 11 is 0. The third-order valence-corrected chi connectivity index (χ3v) is 3.69. The molecule has 0 saturated heterocycles. The number of rotatable bonds is 4. The fourth-order valence-corrected chi connectivity index (χ4v) is 2.57. The normalized spacial score (nSPS) is 14.3. The maximum absolute atomic E-state index is 11.9. The molecule has 0 atom stereocenters. The molecule has 8 nitrogen and oxygen atoms in total. The second-order valence-corrected chi connectivity index (χ2v) is 6.02. The van der Waals surface area contributed by atoms with E-state index in [0.717, 1.165) is 22.8 Å². The van der Waals surface area contributed by atoms with Crippen molar-refractivity contribution in [3.8, 4) is 11.4 Å². The zero-order valence-corrected chi connectivity index (χ0v) is 14.6. The minimum atomic E-state index is -0.627. The minimum Gasteiger partial charge on any atom is -0.268 e. The summed E-state index contributed by atoms with van der Waals surface area (Å²) in [5.74, 6) is -1.22. The molecule has 0 aliphatic carbocycles. The predicted molar refractivity (Wildman–Crippen MR) is 94.0 cm³/mol. The van der Waals surface area contributed by atoms with E-state index in [2.05, 4.69) is 21.6 Å². The maximum atomic E-state index is 11.9. The Morgan fingerprint density at radius 2 is 1.81 bits per heavy atom. The van der Waals surface area contributed by atoms with E-state index >= 15 is 0 Å². The molecule has 0 radical (unpaired) electrons. The number of amides is 3. The van der Waals surface area contributed by atoms with Crippen LogP contribution >= 0.6 is 0 Å². The highest BCUT2D eigenvalue weighted by atomic mass is 16.2. The Kier molecular flexibility index (Phi) is 4.49. The molecule has 26 heavy (non-hydrogen) atoms. The SMILES string of the molecule is CC1=CC(=O)N(NC(=O)/C=C\n2cnc(-c3cc(C)cc(C)c3)n2)C1=O. The highest BCUT2D eigenvalue weighted by Gasteiger charge is 2.29. The second kappa shape index (κ2) is 6.75. The lowest BCUT2D eigenvalue weighted by Gasteiger charge is -2.13. The van der Waals surface area contributed by atoms with Crippen molar-refractivity contribution in [3.63, 3.8) is 0 Å². The van der Waals surface area contributed by atoms with Crippen LogP contribution in [0.15, 0.2) is 42.3 Å². The van der Waals surface area contributed by atoms with E-state index in [-0.39, 0.29) is 5.57 Å². The molecule has 0 bridgehead atoms. The van der Waals surface area contributed by atoms with Crippen molar-refractivity contribution in [1.29, 1.82) is 0 Å². The van der Waals surface area contributed by atoms with E-state index in [9.17, 15) is 14.4 Å². The van der Waals surface area contributed by atoms with Gasteiger partial charge in [0.15, 0.2) is 5.82 Å². The van der Waals surface area contributed by atoms with Crippen LogP contribution in [-0.2, 0) is 14.4 Å². The van der Waals surface area contributed by atoms with Gasteiger partial charge in [-0.1, -0.05) is 17.2 Å². The molecule has 8 heteroatoms. The van der Waals surface area contributed by atoms with Crippen molar-refractivity contribution in [2.75, 3.05) is 0 Å². The molecule has 0 fully saturated rings. The summed E-state index contributed by atoms with van der Waals surface area (Å²) in [4.78, 5) is 39.4. The lowest BCUT2D eigenvalue weighted by Crippen LogP contribution is -2.45. The smallest absolute Gasteiger partial charge is 0.268 e. The third kappa shape index (κ3) is 3.59. The summed E-state index contributed by atoms with van der Waals surface area (Å²) in [6.07, 6.45) is 5.18. The summed E-state index contributed by atoms with van der Waals surface area (Å²) in [6, 6.07) is 6.01. The molecule has 2 heterocycles. The number of aromatic nitrogens is 3. The van der Waals surface area contributed by atoms with E-state index in [1.807, 2.05) is 26.0 Å². The van der Waals surface area contributed by atoms with Crippen molar-refractivity contribution in [3.05, 3.63) is 53.4 Å². The number of hydrogen-bond acceptors (Lipinski definition) is 5. The molecule has 2 aromatic rings. The van der Waals surface area contributed by atoms with Gasteiger partial charge in [0.25, 0.3) is 17.7 Å². The van der Waals surface area contributed by atoms with Crippen LogP contribution in [0.5, 0.6) is 0 Å². The summed E-state index contributed by atoms with van der Waals surface area (Å²) in [7, 11) is 0. The molecule has 1 aliphatic heterocycles. The molecule has 0 saturated carbocycles. The number of benzene rings is 1. The van der Waals surface area contributed by atoms with Gasteiger partial charge in [-0.2, -0.15) is 5.01 Å². The molecule has 1 aromatic heterocycles. The van der Waals surface area contributed by atoms with Gasteiger partial charge in [-0.3, -0.25) is 19.8 Å². The maximum Gasteiger partial charge on any atom is 0.275 e. The van der Waals surface area contributed by atoms with Gasteiger partial charge in [0, 0.05) is 29.5 Å². The Morgan fingerprint density at radius 1 is 1.12 bits per heavy atom. The molecule has 1 aromatic carbocycles. The standard InChI is InChI=1S/C18H17N5O3/c1-11-6-12(2)8-14(7-11)17-19-10-22(21-17)5-4-15(24)20-23-16(25)9-13(3)18(23)26/h4-10H,1-3H3,(H,20,24)/b5-4-. The number of carbonyl (C=O) groups excluding carboxylic acids is 3. The van der Waals surface area contributed by atoms with Crippen molar-refractivity contribution in [1.82, 2.24) is 25.2 Å². The second-order valence-electron chi connectivity index (χ2n) is 6.02. The van der Waals surface area contributed by atoms with Crippen LogP contribution in [0.1, 0.15) is 18.1 Å². The van der Waals surface area contributed by atoms with Gasteiger partial charge in [-0.25, -0.2) is 9.67 Å². The van der Waals surface area contributed by atoms with Gasteiger partial charge in [-0.15, -0.1) is 5.10 Å². The third-order valence-electron chi connectivity index (χ3n) is 3.69. The van der Waals surface area contributed by atoms with Gasteiger partial charge < -0.3 is 0 Å². The lowest BCUT2D eigenvalue weighted by atomic mass is 10.1. The Labute approximate surface area is 149 Å². The number of hydrogen-bond donors (Lipinski definition) is 1. The van der Waals surface area contributed by atoms with E-state index in [1.165, 1.54) is 30.2 Å². The largest absolute Gasteiger partial charge is 0.275 e. The van der Waals surface area contributed by atoms with Crippen LogP contribution in [0, 0.1) is 13.8 Å². The van der Waals surface area contributed by atoms with Crippen LogP contribution in [-0.4, -0.2) is 37.5 Å². The first-order valence-corrected chi connectivity index (χ1v) is 7.89. The first-order chi connectivity index (χ1) is 12.3. The first kappa shape index (κ1) is 17.3. The van der Waals surface area contributed by atoms with Crippen LogP contribution in [0.3, 0.4) is 0 Å². The monoisotopic (exact) mass is 351 g/mol. The van der Waals surface area contributed by atoms with Crippen molar-refractivity contribution >= 4 is 23.9 Å². The molecular formula is C18H17N5O3. The van der Waals surface area contributed by atoms with E-state index in [0.29, 0.717) is 10.8 Å². The van der Waals surface area contributed by atoms with Crippen molar-refractivity contribution < 1.29 is 14.4 Å². The number of aryl methyl sites for hydroxylation is 2. The first-order valence-electron chi connectivity index (χ1n) is 7.89. The zero-order valence-electron chi connectivity index (χ0n) is 14.6. The van der Waals surface area contributed by atoms with Gasteiger partial charge >= 0.3 is 0 Å². The fraction of sp³-hybridized carbons (Fsp3) is 0.167. The molecule has 1 N–H and O–H groups in total. The van der Waals surface area contributed by atoms with Gasteiger partial charge in [0.2, 0.25) is 0 Å². The average Bonchev–Trinajstić information content (AvgIpc) is 3.13. The number of nitrogens with one attached hydrogen (secondary N) is 1. The van der Waals surface area contributed by atoms with Crippen LogP contribution < -0.4 is 5.43 Å². The molecular weight excluding hydrogens is 334 g/mol. The Morgan fingerprint density at radius 3 is 2.42 bits per heavy atom. The fourth-order valence-electron chi connectivity index (χ4n) is 2.57. The van der Waals surface area contributed by atoms with Crippen LogP contribution in [0.2, 0.25) is 0 Å². The van der Waals surface area contributed by atoms with Gasteiger partial charge in [0.1, 0.15) is 6.33 Å². The zero-order chi connectivity index (χ0) is 18.8. The number of nitrogens with zero attached hydrogens (tertiary/aromatic N) is 4. The van der Waals surface area contributed by atoms with Gasteiger partial charge in [-0.05, 0) is 32.9 Å². The molecule has 3 amide bonds. The Balaban J connectivity index is 1.68. The molecule has 1 aliphatic rings. The highest BCUT2D eigenvalue weighted by molar-refractivity contribution is 6.16. The highest BCUT2D eigenvalue weighted by Crippen LogP contribution is 2.18. The topological polar surface area (TPSA) is 97.2 Å². The van der Waals surface area contributed by atoms with Crippen molar-refractivity contribution in [2.45, 2.75) is 20.8 Å². The lowest BCUT2D eigenvalue weighted by molar-refractivity contribution is -0.145. The number of hydrazine groups is 1. The molecule has 132 valence electrons. The number of carbonyl (C=O) groups is 3. The average molecular weight is 351 g/mol. The van der Waals surface area contributed by atoms with Crippen LogP contribution in [0.25, 0.3) is 17.6 Å². The van der Waals surface area contributed by atoms with Crippen LogP contribution in [0.4, 0.5) is 0 Å². The predicted octanol–water partition coefficient (Wildman–Crippen LogP) is 1.38. The van der Waals surface area contributed by atoms with E-state index in [1.54, 1.807) is 0 Å². The quantitative estimate of drug-likeness (QED) is 0.663. The Bertz CT molecular complexity index is 951. The minimum absolute atomic E-state index is 0.272.